The van der Waals surface area contributed by atoms with E-state index >= 15 is 0 Å². The normalized spacial score (nSPS) is 21.9. The Labute approximate surface area is 141 Å². The van der Waals surface area contributed by atoms with Gasteiger partial charge in [-0.05, 0) is 31.4 Å². The van der Waals surface area contributed by atoms with Gasteiger partial charge in [0.2, 0.25) is 5.91 Å². The van der Waals surface area contributed by atoms with Crippen molar-refractivity contribution in [3.8, 4) is 0 Å². The first-order chi connectivity index (χ1) is 11.4. The third kappa shape index (κ3) is 4.47. The molecule has 1 aliphatic carbocycles. The molecule has 24 heavy (non-hydrogen) atoms. The van der Waals surface area contributed by atoms with Crippen molar-refractivity contribution >= 4 is 27.3 Å². The van der Waals surface area contributed by atoms with Crippen molar-refractivity contribution in [3.05, 3.63) is 29.8 Å². The van der Waals surface area contributed by atoms with E-state index in [0.29, 0.717) is 17.7 Å². The third-order valence-corrected chi connectivity index (χ3v) is 5.89. The van der Waals surface area contributed by atoms with Crippen LogP contribution in [0.25, 0.3) is 0 Å². The topological polar surface area (TPSA) is 104 Å². The number of benzene rings is 1. The highest BCUT2D eigenvalue weighted by Crippen LogP contribution is 2.21. The summed E-state index contributed by atoms with van der Waals surface area (Å²) in [7, 11) is -3.02. The molecule has 1 unspecified atom stereocenters. The smallest absolute Gasteiger partial charge is 0.253 e. The van der Waals surface area contributed by atoms with Gasteiger partial charge in [0.25, 0.3) is 5.91 Å². The molecule has 1 saturated heterocycles. The van der Waals surface area contributed by atoms with Gasteiger partial charge in [-0.1, -0.05) is 12.1 Å². The van der Waals surface area contributed by atoms with Crippen LogP contribution in [0.15, 0.2) is 24.3 Å². The molecular weight excluding hydrogens is 330 g/mol. The number of rotatable bonds is 6. The van der Waals surface area contributed by atoms with Gasteiger partial charge in [-0.3, -0.25) is 9.59 Å². The second kappa shape index (κ2) is 6.80. The Balaban J connectivity index is 1.54. The van der Waals surface area contributed by atoms with Crippen LogP contribution in [0, 0.1) is 0 Å². The lowest BCUT2D eigenvalue weighted by molar-refractivity contribution is -0.119. The molecule has 3 rings (SSSR count). The minimum atomic E-state index is -3.02. The first kappa shape index (κ1) is 16.8. The van der Waals surface area contributed by atoms with Gasteiger partial charge in [-0.2, -0.15) is 0 Å². The van der Waals surface area contributed by atoms with Gasteiger partial charge in [0.05, 0.1) is 23.6 Å². The Hall–Kier alpha value is -2.09. The number of sulfone groups is 1. The van der Waals surface area contributed by atoms with Crippen LogP contribution in [0.3, 0.4) is 0 Å². The average Bonchev–Trinajstić information content (AvgIpc) is 3.28. The van der Waals surface area contributed by atoms with E-state index in [1.807, 2.05) is 0 Å². The van der Waals surface area contributed by atoms with E-state index < -0.39 is 9.84 Å². The average molecular weight is 351 g/mol. The Kier molecular flexibility index (Phi) is 4.75. The molecule has 1 atom stereocenters. The molecule has 2 fully saturated rings. The van der Waals surface area contributed by atoms with Crippen LogP contribution in [-0.2, 0) is 14.6 Å². The molecule has 1 aliphatic heterocycles. The molecule has 0 radical (unpaired) electrons. The molecule has 1 aromatic rings. The lowest BCUT2D eigenvalue weighted by atomic mass is 10.1. The van der Waals surface area contributed by atoms with Crippen LogP contribution >= 0.6 is 0 Å². The number of hydrogen-bond donors (Lipinski definition) is 3. The fourth-order valence-corrected chi connectivity index (χ4v) is 4.36. The minimum Gasteiger partial charge on any atom is -0.376 e. The van der Waals surface area contributed by atoms with Gasteiger partial charge in [-0.25, -0.2) is 8.42 Å². The molecular formula is C16H21N3O4S. The highest BCUT2D eigenvalue weighted by molar-refractivity contribution is 7.91. The quantitative estimate of drug-likeness (QED) is 0.683. The third-order valence-electron chi connectivity index (χ3n) is 4.12. The van der Waals surface area contributed by atoms with Crippen LogP contribution < -0.4 is 16.0 Å². The SMILES string of the molecule is O=C(CNc1ccccc1C(=O)NC1CC1)NC1CCS(=O)(=O)C1. The molecule has 0 spiro atoms. The fourth-order valence-electron chi connectivity index (χ4n) is 2.69. The van der Waals surface area contributed by atoms with Crippen LogP contribution in [0.1, 0.15) is 29.6 Å². The number of carbonyl (C=O) groups excluding carboxylic acids is 2. The summed E-state index contributed by atoms with van der Waals surface area (Å²) in [6.45, 7) is -0.00965. The Morgan fingerprint density at radius 1 is 1.04 bits per heavy atom. The highest BCUT2D eigenvalue weighted by Gasteiger charge is 2.29. The van der Waals surface area contributed by atoms with E-state index in [2.05, 4.69) is 16.0 Å². The van der Waals surface area contributed by atoms with Crippen molar-refractivity contribution in [2.24, 2.45) is 0 Å². The standard InChI is InChI=1S/C16H21N3O4S/c20-15(18-12-7-8-24(22,23)10-12)9-17-14-4-2-1-3-13(14)16(21)19-11-5-6-11/h1-4,11-12,17H,5-10H2,(H,18,20)(H,19,21). The minimum absolute atomic E-state index is 0.000872. The van der Waals surface area contributed by atoms with Gasteiger partial charge in [0.15, 0.2) is 9.84 Å². The molecule has 1 aromatic carbocycles. The van der Waals surface area contributed by atoms with E-state index in [-0.39, 0.29) is 41.9 Å². The molecule has 0 aromatic heterocycles. The second-order valence-electron chi connectivity index (χ2n) is 6.31. The number of anilines is 1. The fraction of sp³-hybridized carbons (Fsp3) is 0.500. The van der Waals surface area contributed by atoms with Crippen molar-refractivity contribution in [1.82, 2.24) is 10.6 Å². The van der Waals surface area contributed by atoms with Crippen LogP contribution in [0.4, 0.5) is 5.69 Å². The molecule has 0 bridgehead atoms. The van der Waals surface area contributed by atoms with Crippen LogP contribution in [-0.4, -0.2) is 50.4 Å². The summed E-state index contributed by atoms with van der Waals surface area (Å²) in [5, 5.41) is 8.59. The van der Waals surface area contributed by atoms with Crippen molar-refractivity contribution in [2.75, 3.05) is 23.4 Å². The van der Waals surface area contributed by atoms with E-state index in [0.717, 1.165) is 12.8 Å². The Bertz CT molecular complexity index is 743. The first-order valence-electron chi connectivity index (χ1n) is 8.06. The molecule has 3 N–H and O–H groups in total. The zero-order valence-electron chi connectivity index (χ0n) is 13.2. The number of carbonyl (C=O) groups is 2. The number of amides is 2. The number of hydrogen-bond acceptors (Lipinski definition) is 5. The number of nitrogens with one attached hydrogen (secondary N) is 3. The van der Waals surface area contributed by atoms with Crippen molar-refractivity contribution < 1.29 is 18.0 Å². The van der Waals surface area contributed by atoms with Crippen molar-refractivity contribution in [1.29, 1.82) is 0 Å². The van der Waals surface area contributed by atoms with Crippen molar-refractivity contribution in [3.63, 3.8) is 0 Å². The lowest BCUT2D eigenvalue weighted by Crippen LogP contribution is -2.39. The monoisotopic (exact) mass is 351 g/mol. The maximum atomic E-state index is 12.2. The summed E-state index contributed by atoms with van der Waals surface area (Å²) < 4.78 is 22.8. The molecule has 130 valence electrons. The Morgan fingerprint density at radius 3 is 2.46 bits per heavy atom. The number of para-hydroxylation sites is 1. The van der Waals surface area contributed by atoms with E-state index in [9.17, 15) is 18.0 Å². The summed E-state index contributed by atoms with van der Waals surface area (Å²) in [5.74, 6) is -0.313. The van der Waals surface area contributed by atoms with Gasteiger partial charge in [0, 0.05) is 17.8 Å². The van der Waals surface area contributed by atoms with E-state index in [1.165, 1.54) is 0 Å². The van der Waals surface area contributed by atoms with Crippen LogP contribution in [0.5, 0.6) is 0 Å². The van der Waals surface area contributed by atoms with Crippen molar-refractivity contribution in [2.45, 2.75) is 31.3 Å². The largest absolute Gasteiger partial charge is 0.376 e. The van der Waals surface area contributed by atoms with E-state index in [1.54, 1.807) is 24.3 Å². The molecule has 2 aliphatic rings. The maximum Gasteiger partial charge on any atom is 0.253 e. The molecule has 1 heterocycles. The predicted molar refractivity (Wildman–Crippen MR) is 90.6 cm³/mol. The zero-order chi connectivity index (χ0) is 17.2. The van der Waals surface area contributed by atoms with Gasteiger partial charge < -0.3 is 16.0 Å². The van der Waals surface area contributed by atoms with Gasteiger partial charge >= 0.3 is 0 Å². The summed E-state index contributed by atoms with van der Waals surface area (Å²) in [6.07, 6.45) is 2.47. The first-order valence-corrected chi connectivity index (χ1v) is 9.89. The summed E-state index contributed by atoms with van der Waals surface area (Å²) >= 11 is 0. The zero-order valence-corrected chi connectivity index (χ0v) is 14.1. The van der Waals surface area contributed by atoms with Crippen LogP contribution in [0.2, 0.25) is 0 Å². The van der Waals surface area contributed by atoms with Gasteiger partial charge in [0.1, 0.15) is 0 Å². The highest BCUT2D eigenvalue weighted by atomic mass is 32.2. The summed E-state index contributed by atoms with van der Waals surface area (Å²) in [6, 6.07) is 6.96. The molecule has 7 nitrogen and oxygen atoms in total. The van der Waals surface area contributed by atoms with E-state index in [4.69, 9.17) is 0 Å². The molecule has 1 saturated carbocycles. The lowest BCUT2D eigenvalue weighted by Gasteiger charge is -2.14. The van der Waals surface area contributed by atoms with Gasteiger partial charge in [-0.15, -0.1) is 0 Å². The summed E-state index contributed by atoms with van der Waals surface area (Å²) in [5.41, 5.74) is 1.09. The molecule has 8 heteroatoms. The second-order valence-corrected chi connectivity index (χ2v) is 8.54. The predicted octanol–water partition coefficient (Wildman–Crippen LogP) is 0.294. The Morgan fingerprint density at radius 2 is 1.79 bits per heavy atom. The molecule has 2 amide bonds. The summed E-state index contributed by atoms with van der Waals surface area (Å²) in [4.78, 5) is 24.2. The maximum absolute atomic E-state index is 12.2.